The average molecular weight is 560 g/mol. The molecule has 197 valence electrons. The van der Waals surface area contributed by atoms with Crippen molar-refractivity contribution in [3.63, 3.8) is 0 Å². The third-order valence-electron chi connectivity index (χ3n) is 7.29. The Hall–Kier alpha value is -4.55. The molecule has 0 spiro atoms. The Balaban J connectivity index is 1.58. The fourth-order valence-corrected chi connectivity index (χ4v) is 13.3. The molecule has 0 aliphatic heterocycles. The van der Waals surface area contributed by atoms with Crippen molar-refractivity contribution in [1.82, 2.24) is 0 Å². The van der Waals surface area contributed by atoms with Crippen molar-refractivity contribution in [2.45, 2.75) is 0 Å². The van der Waals surface area contributed by atoms with Crippen LogP contribution >= 0.6 is 0 Å². The molecule has 0 amide bonds. The minimum Gasteiger partial charge on any atom is -0.439 e. The van der Waals surface area contributed by atoms with E-state index < -0.39 is 17.4 Å². The molecule has 0 atom stereocenters. The molecule has 0 fully saturated rings. The van der Waals surface area contributed by atoms with Crippen LogP contribution in [-0.2, 0) is 4.12 Å². The van der Waals surface area contributed by atoms with Gasteiger partial charge in [0.2, 0.25) is 0 Å². The van der Waals surface area contributed by atoms with Gasteiger partial charge in [-0.1, -0.05) is 188 Å². The summed E-state index contributed by atoms with van der Waals surface area (Å²) in [6, 6.07) is 62.6. The highest BCUT2D eigenvalue weighted by Gasteiger charge is 2.45. The lowest BCUT2D eigenvalue weighted by Gasteiger charge is -2.37. The fourth-order valence-electron chi connectivity index (χ4n) is 5.31. The van der Waals surface area contributed by atoms with Crippen molar-refractivity contribution in [3.8, 4) is 0 Å². The zero-order valence-electron chi connectivity index (χ0n) is 22.8. The van der Waals surface area contributed by atoms with Crippen molar-refractivity contribution in [2.24, 2.45) is 0 Å². The molecule has 0 saturated heterocycles. The Morgan fingerprint density at radius 3 is 1.34 bits per heavy atom. The van der Waals surface area contributed by atoms with Gasteiger partial charge in [-0.3, -0.25) is 0 Å². The molecule has 0 N–H and O–H groups in total. The molecule has 3 heteroatoms. The highest BCUT2D eigenvalue weighted by Crippen LogP contribution is 2.14. The second kappa shape index (κ2) is 12.7. The molecule has 6 aromatic carbocycles. The lowest BCUT2D eigenvalue weighted by atomic mass is 10.1. The summed E-state index contributed by atoms with van der Waals surface area (Å²) in [6.45, 7) is 0. The minimum absolute atomic E-state index is 1.18. The van der Waals surface area contributed by atoms with Crippen molar-refractivity contribution < 1.29 is 4.12 Å². The van der Waals surface area contributed by atoms with Crippen LogP contribution in [-0.4, -0.2) is 17.4 Å². The average Bonchev–Trinajstić information content (AvgIpc) is 3.07. The van der Waals surface area contributed by atoms with E-state index in [4.69, 9.17) is 4.12 Å². The Labute approximate surface area is 245 Å². The zero-order chi connectivity index (χ0) is 27.7. The smallest absolute Gasteiger partial charge is 0.278 e. The van der Waals surface area contributed by atoms with E-state index in [0.717, 1.165) is 0 Å². The van der Waals surface area contributed by atoms with E-state index >= 15 is 0 Å². The summed E-state index contributed by atoms with van der Waals surface area (Å²) in [5.41, 5.74) is 2.37. The van der Waals surface area contributed by atoms with E-state index in [2.05, 4.69) is 188 Å². The maximum absolute atomic E-state index is 7.87. The molecular formula is C38H31OSi2. The summed E-state index contributed by atoms with van der Waals surface area (Å²) >= 11 is 0. The van der Waals surface area contributed by atoms with Crippen LogP contribution in [0.1, 0.15) is 11.1 Å². The van der Waals surface area contributed by atoms with Crippen molar-refractivity contribution in [2.75, 3.05) is 0 Å². The molecular weight excluding hydrogens is 529 g/mol. The van der Waals surface area contributed by atoms with E-state index in [9.17, 15) is 0 Å². The first-order valence-electron chi connectivity index (χ1n) is 13.9. The molecule has 0 bridgehead atoms. The van der Waals surface area contributed by atoms with Gasteiger partial charge in [0.15, 0.2) is 0 Å². The third-order valence-corrected chi connectivity index (χ3v) is 14.6. The van der Waals surface area contributed by atoms with Gasteiger partial charge in [-0.25, -0.2) is 0 Å². The Bertz CT molecular complexity index is 1590. The highest BCUT2D eigenvalue weighted by atomic mass is 28.4. The van der Waals surface area contributed by atoms with E-state index in [-0.39, 0.29) is 0 Å². The van der Waals surface area contributed by atoms with Gasteiger partial charge in [-0.15, -0.1) is 0 Å². The fraction of sp³-hybridized carbons (Fsp3) is 0. The summed E-state index contributed by atoms with van der Waals surface area (Å²) in [5, 5.41) is 6.21. The first-order chi connectivity index (χ1) is 20.3. The molecule has 0 aliphatic rings. The van der Waals surface area contributed by atoms with Gasteiger partial charge in [0.25, 0.3) is 17.4 Å². The van der Waals surface area contributed by atoms with Gasteiger partial charge < -0.3 is 4.12 Å². The van der Waals surface area contributed by atoms with Gasteiger partial charge in [-0.2, -0.15) is 0 Å². The molecule has 0 aromatic heterocycles. The molecule has 0 unspecified atom stereocenters. The zero-order valence-corrected chi connectivity index (χ0v) is 24.8. The largest absolute Gasteiger partial charge is 0.439 e. The van der Waals surface area contributed by atoms with E-state index in [1.807, 2.05) is 0 Å². The number of hydrogen-bond acceptors (Lipinski definition) is 1. The molecule has 0 saturated carbocycles. The monoisotopic (exact) mass is 559 g/mol. The van der Waals surface area contributed by atoms with Gasteiger partial charge in [0, 0.05) is 0 Å². The SMILES string of the molecule is C(=Cc1ccccc1[Si](O[Si](c1ccccc1)(c1ccccc1)c1ccccc1)c1ccccc1)c1ccccc1. The van der Waals surface area contributed by atoms with E-state index in [1.54, 1.807) is 0 Å². The summed E-state index contributed by atoms with van der Waals surface area (Å²) < 4.78 is 7.87. The van der Waals surface area contributed by atoms with Crippen LogP contribution in [0.25, 0.3) is 12.2 Å². The van der Waals surface area contributed by atoms with Gasteiger partial charge in [0.05, 0.1) is 0 Å². The molecule has 41 heavy (non-hydrogen) atoms. The minimum atomic E-state index is -2.94. The Kier molecular flexibility index (Phi) is 8.29. The van der Waals surface area contributed by atoms with Crippen LogP contribution in [0.4, 0.5) is 0 Å². The second-order valence-corrected chi connectivity index (χ2v) is 15.6. The summed E-state index contributed by atoms with van der Waals surface area (Å²) in [6.07, 6.45) is 4.43. The van der Waals surface area contributed by atoms with Crippen molar-refractivity contribution in [3.05, 3.63) is 187 Å². The third kappa shape index (κ3) is 5.84. The van der Waals surface area contributed by atoms with Gasteiger partial charge in [0.1, 0.15) is 0 Å². The maximum Gasteiger partial charge on any atom is 0.278 e. The van der Waals surface area contributed by atoms with Crippen LogP contribution in [0.3, 0.4) is 0 Å². The standard InChI is InChI=1S/C38H31OSi2/c1-6-18-32(19-7-1)30-31-33-20-16-17-29-38(33)40(34-21-8-2-9-22-34)39-41(35-23-10-3-11-24-35,36-25-12-4-13-26-36)37-27-14-5-15-28-37/h1-31H. The Morgan fingerprint density at radius 2 is 0.829 bits per heavy atom. The summed E-state index contributed by atoms with van der Waals surface area (Å²) in [7, 11) is -4.66. The van der Waals surface area contributed by atoms with E-state index in [1.165, 1.54) is 37.1 Å². The molecule has 1 radical (unpaired) electrons. The summed E-state index contributed by atoms with van der Waals surface area (Å²) in [4.78, 5) is 0. The van der Waals surface area contributed by atoms with Crippen LogP contribution in [0.2, 0.25) is 0 Å². The maximum atomic E-state index is 7.87. The number of rotatable bonds is 9. The van der Waals surface area contributed by atoms with Crippen LogP contribution in [0, 0.1) is 0 Å². The molecule has 0 aliphatic carbocycles. The first kappa shape index (κ1) is 26.7. The summed E-state index contributed by atoms with van der Waals surface area (Å²) in [5.74, 6) is 0. The van der Waals surface area contributed by atoms with Gasteiger partial charge >= 0.3 is 0 Å². The van der Waals surface area contributed by atoms with Crippen molar-refractivity contribution in [1.29, 1.82) is 0 Å². The molecule has 6 aromatic rings. The second-order valence-electron chi connectivity index (χ2n) is 9.91. The number of benzene rings is 6. The Morgan fingerprint density at radius 1 is 0.415 bits per heavy atom. The first-order valence-corrected chi connectivity index (χ1v) is 17.3. The quantitative estimate of drug-likeness (QED) is 0.126. The van der Waals surface area contributed by atoms with Crippen LogP contribution in [0.5, 0.6) is 0 Å². The van der Waals surface area contributed by atoms with Crippen LogP contribution in [0.15, 0.2) is 176 Å². The van der Waals surface area contributed by atoms with Crippen LogP contribution < -0.4 is 25.9 Å². The predicted molar refractivity (Wildman–Crippen MR) is 178 cm³/mol. The lowest BCUT2D eigenvalue weighted by molar-refractivity contribution is 0.616. The predicted octanol–water partition coefficient (Wildman–Crippen LogP) is 5.65. The highest BCUT2D eigenvalue weighted by molar-refractivity contribution is 7.11. The normalized spacial score (nSPS) is 11.6. The molecule has 0 heterocycles. The number of hydrogen-bond donors (Lipinski definition) is 0. The lowest BCUT2D eigenvalue weighted by Crippen LogP contribution is -2.73. The van der Waals surface area contributed by atoms with Crippen molar-refractivity contribution >= 4 is 55.4 Å². The van der Waals surface area contributed by atoms with E-state index in [0.29, 0.717) is 0 Å². The molecule has 1 nitrogen and oxygen atoms in total. The molecule has 6 rings (SSSR count). The topological polar surface area (TPSA) is 9.23 Å². The van der Waals surface area contributed by atoms with Gasteiger partial charge in [-0.05, 0) is 37.1 Å².